The molecule has 0 saturated carbocycles. The Balaban J connectivity index is 1.57. The van der Waals surface area contributed by atoms with Gasteiger partial charge in [0, 0.05) is 30.9 Å². The van der Waals surface area contributed by atoms with Crippen LogP contribution in [-0.2, 0) is 22.3 Å². The van der Waals surface area contributed by atoms with Gasteiger partial charge >= 0.3 is 12.1 Å². The third-order valence-electron chi connectivity index (χ3n) is 6.75. The van der Waals surface area contributed by atoms with Gasteiger partial charge in [0.1, 0.15) is 6.04 Å². The number of benzene rings is 2. The zero-order valence-electron chi connectivity index (χ0n) is 21.3. The highest BCUT2D eigenvalue weighted by molar-refractivity contribution is 5.94. The molecular weight excluding hydrogens is 507 g/mol. The minimum atomic E-state index is -4.45. The lowest BCUT2D eigenvalue weighted by Crippen LogP contribution is -2.51. The third kappa shape index (κ3) is 7.77. The summed E-state index contributed by atoms with van der Waals surface area (Å²) in [6, 6.07) is 16.4. The molecule has 6 nitrogen and oxygen atoms in total. The fourth-order valence-corrected chi connectivity index (χ4v) is 4.60. The highest BCUT2D eigenvalue weighted by Crippen LogP contribution is 2.29. The lowest BCUT2D eigenvalue weighted by molar-refractivity contribution is -0.150. The fourth-order valence-electron chi connectivity index (χ4n) is 4.60. The molecule has 1 aromatic heterocycles. The van der Waals surface area contributed by atoms with Gasteiger partial charge in [-0.15, -0.1) is 0 Å². The second kappa shape index (κ2) is 12.7. The van der Waals surface area contributed by atoms with Crippen LogP contribution in [0.25, 0.3) is 17.3 Å². The van der Waals surface area contributed by atoms with Gasteiger partial charge in [-0.25, -0.2) is 4.79 Å². The molecule has 1 amide bonds. The lowest BCUT2D eigenvalue weighted by Gasteiger charge is -2.34. The van der Waals surface area contributed by atoms with E-state index in [0.29, 0.717) is 5.56 Å². The number of rotatable bonds is 9. The van der Waals surface area contributed by atoms with E-state index >= 15 is 0 Å². The molecular formula is C30H30F3N3O3. The number of aromatic nitrogens is 1. The molecule has 204 valence electrons. The number of pyridine rings is 1. The van der Waals surface area contributed by atoms with E-state index in [1.54, 1.807) is 6.20 Å². The van der Waals surface area contributed by atoms with Crippen LogP contribution in [0.4, 0.5) is 13.2 Å². The van der Waals surface area contributed by atoms with E-state index in [0.717, 1.165) is 61.3 Å². The van der Waals surface area contributed by atoms with Crippen molar-refractivity contribution in [2.24, 2.45) is 0 Å². The average Bonchev–Trinajstić information content (AvgIpc) is 2.94. The summed E-state index contributed by atoms with van der Waals surface area (Å²) >= 11 is 0. The van der Waals surface area contributed by atoms with Crippen molar-refractivity contribution >= 4 is 18.0 Å². The number of nitrogens with zero attached hydrogens (tertiary/aromatic N) is 3. The summed E-state index contributed by atoms with van der Waals surface area (Å²) in [6.07, 6.45) is 2.91. The minimum absolute atomic E-state index is 0.0590. The predicted octanol–water partition coefficient (Wildman–Crippen LogP) is 5.75. The number of carboxylic acid groups (broad SMARTS) is 1. The monoisotopic (exact) mass is 537 g/mol. The van der Waals surface area contributed by atoms with Gasteiger partial charge in [0.05, 0.1) is 11.3 Å². The van der Waals surface area contributed by atoms with Gasteiger partial charge in [-0.1, -0.05) is 48.9 Å². The summed E-state index contributed by atoms with van der Waals surface area (Å²) in [6.45, 7) is 1.79. The van der Waals surface area contributed by atoms with Gasteiger partial charge in [-0.3, -0.25) is 9.78 Å². The molecule has 1 aliphatic rings. The van der Waals surface area contributed by atoms with Crippen molar-refractivity contribution < 1.29 is 27.9 Å². The molecule has 2 aromatic carbocycles. The van der Waals surface area contributed by atoms with Crippen molar-refractivity contribution in [3.05, 3.63) is 95.7 Å². The Morgan fingerprint density at radius 3 is 2.26 bits per heavy atom. The van der Waals surface area contributed by atoms with E-state index in [1.807, 2.05) is 42.5 Å². The number of amides is 1. The number of carboxylic acids is 1. The topological polar surface area (TPSA) is 73.7 Å². The van der Waals surface area contributed by atoms with Gasteiger partial charge in [0.25, 0.3) is 0 Å². The molecule has 0 aliphatic carbocycles. The van der Waals surface area contributed by atoms with E-state index in [2.05, 4.69) is 9.88 Å². The minimum Gasteiger partial charge on any atom is -0.480 e. The lowest BCUT2D eigenvalue weighted by atomic mass is 10.1. The molecule has 1 aliphatic heterocycles. The number of aliphatic carboxylic acids is 1. The zero-order chi connectivity index (χ0) is 27.8. The van der Waals surface area contributed by atoms with Crippen molar-refractivity contribution in [3.63, 3.8) is 0 Å². The molecule has 3 aromatic rings. The Kier molecular flexibility index (Phi) is 9.14. The summed E-state index contributed by atoms with van der Waals surface area (Å²) in [4.78, 5) is 33.5. The Labute approximate surface area is 225 Å². The Morgan fingerprint density at radius 1 is 0.974 bits per heavy atom. The van der Waals surface area contributed by atoms with Gasteiger partial charge in [0.2, 0.25) is 5.91 Å². The van der Waals surface area contributed by atoms with E-state index in [4.69, 9.17) is 0 Å². The molecule has 1 unspecified atom stereocenters. The Hall–Kier alpha value is -3.98. The Morgan fingerprint density at radius 2 is 1.67 bits per heavy atom. The first kappa shape index (κ1) is 28.0. The number of hydrogen-bond acceptors (Lipinski definition) is 4. The number of alkyl halides is 3. The van der Waals surface area contributed by atoms with Gasteiger partial charge < -0.3 is 14.9 Å². The van der Waals surface area contributed by atoms with Crippen molar-refractivity contribution in [2.45, 2.75) is 38.0 Å². The van der Waals surface area contributed by atoms with Crippen LogP contribution in [0.5, 0.6) is 0 Å². The first-order chi connectivity index (χ1) is 18.7. The van der Waals surface area contributed by atoms with Crippen molar-refractivity contribution in [2.75, 3.05) is 19.6 Å². The maximum Gasteiger partial charge on any atom is 0.416 e. The molecule has 2 heterocycles. The van der Waals surface area contributed by atoms with Gasteiger partial charge in [0.15, 0.2) is 0 Å². The first-order valence-corrected chi connectivity index (χ1v) is 12.8. The number of piperidine rings is 1. The SMILES string of the molecule is O=C(O)C(CN1CCCCC1)N(Cc1ccc(-c2ccccn2)cc1)C(=O)C=Cc1ccc(C(F)(F)F)cc1. The average molecular weight is 538 g/mol. The van der Waals surface area contributed by atoms with E-state index in [-0.39, 0.29) is 13.1 Å². The van der Waals surface area contributed by atoms with E-state index in [1.165, 1.54) is 29.2 Å². The van der Waals surface area contributed by atoms with Crippen molar-refractivity contribution in [1.29, 1.82) is 0 Å². The summed E-state index contributed by atoms with van der Waals surface area (Å²) in [5.41, 5.74) is 2.05. The summed E-state index contributed by atoms with van der Waals surface area (Å²) in [7, 11) is 0. The summed E-state index contributed by atoms with van der Waals surface area (Å²) in [5, 5.41) is 10.1. The van der Waals surface area contributed by atoms with Crippen LogP contribution in [0.15, 0.2) is 79.0 Å². The highest BCUT2D eigenvalue weighted by atomic mass is 19.4. The van der Waals surface area contributed by atoms with E-state index in [9.17, 15) is 27.9 Å². The van der Waals surface area contributed by atoms with Crippen LogP contribution in [0.1, 0.15) is 36.0 Å². The van der Waals surface area contributed by atoms with Crippen LogP contribution in [0.2, 0.25) is 0 Å². The van der Waals surface area contributed by atoms with Crippen LogP contribution in [0.3, 0.4) is 0 Å². The quantitative estimate of drug-likeness (QED) is 0.352. The van der Waals surface area contributed by atoms with Crippen LogP contribution in [0, 0.1) is 0 Å². The first-order valence-electron chi connectivity index (χ1n) is 12.8. The van der Waals surface area contributed by atoms with Crippen LogP contribution < -0.4 is 0 Å². The zero-order valence-corrected chi connectivity index (χ0v) is 21.3. The van der Waals surface area contributed by atoms with Crippen molar-refractivity contribution in [3.8, 4) is 11.3 Å². The second-order valence-corrected chi connectivity index (χ2v) is 9.55. The smallest absolute Gasteiger partial charge is 0.416 e. The molecule has 39 heavy (non-hydrogen) atoms. The molecule has 4 rings (SSSR count). The van der Waals surface area contributed by atoms with Gasteiger partial charge in [-0.05, 0) is 67.4 Å². The number of likely N-dealkylation sites (tertiary alicyclic amines) is 1. The molecule has 0 radical (unpaired) electrons. The number of carbonyl (C=O) groups excluding carboxylic acids is 1. The summed E-state index contributed by atoms with van der Waals surface area (Å²) in [5.74, 6) is -1.64. The number of carbonyl (C=O) groups is 2. The maximum absolute atomic E-state index is 13.4. The number of halogens is 3. The predicted molar refractivity (Wildman–Crippen MR) is 142 cm³/mol. The summed E-state index contributed by atoms with van der Waals surface area (Å²) < 4.78 is 38.6. The standard InChI is InChI=1S/C30H30F3N3O3/c31-30(32,33)25-14-9-22(10-15-25)11-16-28(37)36(27(29(38)39)21-35-18-4-1-5-19-35)20-23-7-12-24(13-8-23)26-6-2-3-17-34-26/h2-3,6-17,27H,1,4-5,18-21H2,(H,38,39). The molecule has 0 spiro atoms. The van der Waals surface area contributed by atoms with Crippen LogP contribution in [-0.4, -0.2) is 57.4 Å². The molecule has 0 bridgehead atoms. The normalized spacial score (nSPS) is 15.3. The molecule has 1 N–H and O–H groups in total. The molecule has 1 saturated heterocycles. The maximum atomic E-state index is 13.4. The largest absolute Gasteiger partial charge is 0.480 e. The fraction of sp³-hybridized carbons (Fsp3) is 0.300. The molecule has 1 fully saturated rings. The molecule has 9 heteroatoms. The second-order valence-electron chi connectivity index (χ2n) is 9.55. The number of hydrogen-bond donors (Lipinski definition) is 1. The van der Waals surface area contributed by atoms with Crippen molar-refractivity contribution in [1.82, 2.24) is 14.8 Å². The highest BCUT2D eigenvalue weighted by Gasteiger charge is 2.32. The Bertz CT molecular complexity index is 1270. The third-order valence-corrected chi connectivity index (χ3v) is 6.75. The van der Waals surface area contributed by atoms with E-state index < -0.39 is 29.7 Å². The van der Waals surface area contributed by atoms with Crippen LogP contribution >= 0.6 is 0 Å². The molecule has 1 atom stereocenters. The van der Waals surface area contributed by atoms with Gasteiger partial charge in [-0.2, -0.15) is 13.2 Å².